The van der Waals surface area contributed by atoms with Crippen molar-refractivity contribution in [3.8, 4) is 0 Å². The third-order valence-corrected chi connectivity index (χ3v) is 3.30. The van der Waals surface area contributed by atoms with Gasteiger partial charge in [0, 0.05) is 12.1 Å². The first-order valence-electron chi connectivity index (χ1n) is 6.69. The summed E-state index contributed by atoms with van der Waals surface area (Å²) < 4.78 is 18.2. The lowest BCUT2D eigenvalue weighted by Gasteiger charge is -2.15. The number of nitrogens with zero attached hydrogens (tertiary/aromatic N) is 1. The van der Waals surface area contributed by atoms with Crippen LogP contribution in [-0.2, 0) is 6.54 Å². The van der Waals surface area contributed by atoms with E-state index in [1.54, 1.807) is 26.0 Å². The van der Waals surface area contributed by atoms with Gasteiger partial charge in [0.1, 0.15) is 11.6 Å². The maximum atomic E-state index is 13.1. The lowest BCUT2D eigenvalue weighted by Crippen LogP contribution is -2.36. The molecule has 0 fully saturated rings. The molecule has 5 nitrogen and oxygen atoms in total. The van der Waals surface area contributed by atoms with Crippen LogP contribution < -0.4 is 10.6 Å². The summed E-state index contributed by atoms with van der Waals surface area (Å²) in [5.41, 5.74) is 2.33. The number of aromatic nitrogens is 1. The van der Waals surface area contributed by atoms with E-state index < -0.39 is 0 Å². The molecular formula is C15H18FN3O2. The third-order valence-electron chi connectivity index (χ3n) is 3.30. The average molecular weight is 291 g/mol. The molecule has 0 spiro atoms. The molecule has 0 saturated heterocycles. The standard InChI is InChI=1S/C15H18FN3O2/c1-9(12-5-4-6-13(16)7-12)18-15(20)17-8-14-10(2)19-21-11(14)3/h4-7,9H,8H2,1-3H3,(H2,17,18,20). The number of rotatable bonds is 4. The van der Waals surface area contributed by atoms with Gasteiger partial charge in [-0.1, -0.05) is 17.3 Å². The quantitative estimate of drug-likeness (QED) is 0.910. The maximum Gasteiger partial charge on any atom is 0.315 e. The largest absolute Gasteiger partial charge is 0.361 e. The number of amides is 2. The Kier molecular flexibility index (Phi) is 4.57. The van der Waals surface area contributed by atoms with Crippen molar-refractivity contribution in [3.05, 3.63) is 52.7 Å². The fourth-order valence-electron chi connectivity index (χ4n) is 2.03. The van der Waals surface area contributed by atoms with Crippen LogP contribution in [0.1, 0.15) is 35.5 Å². The van der Waals surface area contributed by atoms with Crippen LogP contribution in [0.4, 0.5) is 9.18 Å². The van der Waals surface area contributed by atoms with Crippen LogP contribution in [0.5, 0.6) is 0 Å². The molecule has 1 atom stereocenters. The molecular weight excluding hydrogens is 273 g/mol. The summed E-state index contributed by atoms with van der Waals surface area (Å²) in [6, 6.07) is 5.54. The van der Waals surface area contributed by atoms with Crippen molar-refractivity contribution in [2.75, 3.05) is 0 Å². The number of carbonyl (C=O) groups is 1. The van der Waals surface area contributed by atoms with Crippen molar-refractivity contribution in [2.45, 2.75) is 33.4 Å². The number of hydrogen-bond acceptors (Lipinski definition) is 3. The minimum atomic E-state index is -0.327. The van der Waals surface area contributed by atoms with Crippen LogP contribution in [-0.4, -0.2) is 11.2 Å². The van der Waals surface area contributed by atoms with Crippen molar-refractivity contribution in [1.82, 2.24) is 15.8 Å². The van der Waals surface area contributed by atoms with Crippen LogP contribution in [0.15, 0.2) is 28.8 Å². The van der Waals surface area contributed by atoms with Crippen molar-refractivity contribution < 1.29 is 13.7 Å². The zero-order chi connectivity index (χ0) is 15.4. The molecule has 21 heavy (non-hydrogen) atoms. The summed E-state index contributed by atoms with van der Waals surface area (Å²) in [4.78, 5) is 11.9. The van der Waals surface area contributed by atoms with Gasteiger partial charge in [0.25, 0.3) is 0 Å². The topological polar surface area (TPSA) is 67.2 Å². The van der Waals surface area contributed by atoms with Crippen LogP contribution in [0.25, 0.3) is 0 Å². The van der Waals surface area contributed by atoms with Gasteiger partial charge < -0.3 is 15.2 Å². The van der Waals surface area contributed by atoms with Crippen LogP contribution in [0.2, 0.25) is 0 Å². The Labute approximate surface area is 122 Å². The first kappa shape index (κ1) is 15.0. The Balaban J connectivity index is 1.90. The monoisotopic (exact) mass is 291 g/mol. The van der Waals surface area contributed by atoms with E-state index in [9.17, 15) is 9.18 Å². The second-order valence-corrected chi connectivity index (χ2v) is 4.91. The van der Waals surface area contributed by atoms with Crippen molar-refractivity contribution in [3.63, 3.8) is 0 Å². The fraction of sp³-hybridized carbons (Fsp3) is 0.333. The highest BCUT2D eigenvalue weighted by Gasteiger charge is 2.12. The van der Waals surface area contributed by atoms with E-state index in [1.807, 2.05) is 6.92 Å². The normalized spacial score (nSPS) is 12.0. The fourth-order valence-corrected chi connectivity index (χ4v) is 2.03. The Morgan fingerprint density at radius 2 is 2.19 bits per heavy atom. The Morgan fingerprint density at radius 3 is 2.81 bits per heavy atom. The summed E-state index contributed by atoms with van der Waals surface area (Å²) in [7, 11) is 0. The second-order valence-electron chi connectivity index (χ2n) is 4.91. The Bertz CT molecular complexity index is 620. The Morgan fingerprint density at radius 1 is 1.43 bits per heavy atom. The first-order valence-corrected chi connectivity index (χ1v) is 6.69. The van der Waals surface area contributed by atoms with Gasteiger partial charge in [-0.2, -0.15) is 0 Å². The average Bonchev–Trinajstić information content (AvgIpc) is 2.76. The molecule has 0 saturated carbocycles. The van der Waals surface area contributed by atoms with Gasteiger partial charge in [0.15, 0.2) is 0 Å². The van der Waals surface area contributed by atoms with Gasteiger partial charge in [-0.15, -0.1) is 0 Å². The van der Waals surface area contributed by atoms with E-state index in [0.717, 1.165) is 11.3 Å². The lowest BCUT2D eigenvalue weighted by molar-refractivity contribution is 0.237. The molecule has 0 aliphatic rings. The molecule has 0 aliphatic heterocycles. The molecule has 0 radical (unpaired) electrons. The summed E-state index contributed by atoms with van der Waals surface area (Å²) in [5, 5.41) is 9.32. The van der Waals surface area contributed by atoms with Crippen molar-refractivity contribution in [1.29, 1.82) is 0 Å². The molecule has 1 unspecified atom stereocenters. The van der Waals surface area contributed by atoms with Crippen LogP contribution >= 0.6 is 0 Å². The summed E-state index contributed by atoms with van der Waals surface area (Å²) >= 11 is 0. The number of benzene rings is 1. The number of hydrogen-bond donors (Lipinski definition) is 2. The minimum absolute atomic E-state index is 0.287. The van der Waals surface area contributed by atoms with E-state index >= 15 is 0 Å². The third kappa shape index (κ3) is 3.81. The predicted molar refractivity (Wildman–Crippen MR) is 76.2 cm³/mol. The summed E-state index contributed by atoms with van der Waals surface area (Å²) in [6.45, 7) is 5.75. The SMILES string of the molecule is Cc1noc(C)c1CNC(=O)NC(C)c1cccc(F)c1. The molecule has 1 aromatic carbocycles. The first-order chi connectivity index (χ1) is 9.97. The van der Waals surface area contributed by atoms with E-state index in [2.05, 4.69) is 15.8 Å². The van der Waals surface area contributed by atoms with Crippen LogP contribution in [0, 0.1) is 19.7 Å². The molecule has 2 N–H and O–H groups in total. The van der Waals surface area contributed by atoms with E-state index in [1.165, 1.54) is 12.1 Å². The molecule has 2 amide bonds. The zero-order valence-electron chi connectivity index (χ0n) is 12.2. The van der Waals surface area contributed by atoms with E-state index in [4.69, 9.17) is 4.52 Å². The predicted octanol–water partition coefficient (Wildman–Crippen LogP) is 2.99. The molecule has 0 bridgehead atoms. The molecule has 2 aromatic rings. The summed E-state index contributed by atoms with van der Waals surface area (Å²) in [5.74, 6) is 0.364. The van der Waals surface area contributed by atoms with E-state index in [-0.39, 0.29) is 17.9 Å². The highest BCUT2D eigenvalue weighted by molar-refractivity contribution is 5.74. The highest BCUT2D eigenvalue weighted by atomic mass is 19.1. The van der Waals surface area contributed by atoms with Crippen molar-refractivity contribution in [2.24, 2.45) is 0 Å². The lowest BCUT2D eigenvalue weighted by atomic mass is 10.1. The number of nitrogens with one attached hydrogen (secondary N) is 2. The Hall–Kier alpha value is -2.37. The zero-order valence-corrected chi connectivity index (χ0v) is 12.2. The van der Waals surface area contributed by atoms with Gasteiger partial charge in [-0.05, 0) is 38.5 Å². The maximum absolute atomic E-state index is 13.1. The smallest absolute Gasteiger partial charge is 0.315 e. The molecule has 112 valence electrons. The minimum Gasteiger partial charge on any atom is -0.361 e. The van der Waals surface area contributed by atoms with E-state index in [0.29, 0.717) is 17.9 Å². The molecule has 0 aliphatic carbocycles. The van der Waals surface area contributed by atoms with Gasteiger partial charge in [-0.25, -0.2) is 9.18 Å². The summed E-state index contributed by atoms with van der Waals surface area (Å²) in [6.07, 6.45) is 0. The van der Waals surface area contributed by atoms with Crippen molar-refractivity contribution >= 4 is 6.03 Å². The van der Waals surface area contributed by atoms with Gasteiger partial charge in [0.05, 0.1) is 11.7 Å². The van der Waals surface area contributed by atoms with Gasteiger partial charge in [-0.3, -0.25) is 0 Å². The molecule has 2 rings (SSSR count). The van der Waals surface area contributed by atoms with Gasteiger partial charge in [0.2, 0.25) is 0 Å². The number of halogens is 1. The molecule has 6 heteroatoms. The van der Waals surface area contributed by atoms with Crippen LogP contribution in [0.3, 0.4) is 0 Å². The van der Waals surface area contributed by atoms with Gasteiger partial charge >= 0.3 is 6.03 Å². The number of urea groups is 1. The second kappa shape index (κ2) is 6.39. The highest BCUT2D eigenvalue weighted by Crippen LogP contribution is 2.14. The number of aryl methyl sites for hydroxylation is 2. The molecule has 1 aromatic heterocycles. The number of carbonyl (C=O) groups excluding carboxylic acids is 1. The molecule has 1 heterocycles.